The predicted molar refractivity (Wildman–Crippen MR) is 155 cm³/mol. The maximum Gasteiger partial charge on any atom is 0.258 e. The summed E-state index contributed by atoms with van der Waals surface area (Å²) >= 11 is 0. The van der Waals surface area contributed by atoms with Crippen molar-refractivity contribution in [2.75, 3.05) is 19.7 Å². The molecule has 12 heteroatoms. The number of nitrogens with zero attached hydrogens (tertiary/aromatic N) is 3. The Labute approximate surface area is 252 Å². The molecule has 2 aliphatic heterocycles. The number of likely N-dealkylation sites (tertiary alicyclic amines) is 1. The normalized spacial score (nSPS) is 18.7. The summed E-state index contributed by atoms with van der Waals surface area (Å²) in [5.74, 6) is -0.351. The van der Waals surface area contributed by atoms with Crippen LogP contribution in [0.1, 0.15) is 33.8 Å². The van der Waals surface area contributed by atoms with Crippen molar-refractivity contribution in [3.05, 3.63) is 95.4 Å². The van der Waals surface area contributed by atoms with Crippen LogP contribution in [-0.2, 0) is 22.6 Å². The Hall–Kier alpha value is -5.26. The van der Waals surface area contributed by atoms with E-state index >= 15 is 0 Å². The van der Waals surface area contributed by atoms with Gasteiger partial charge in [-0.15, -0.1) is 0 Å². The highest BCUT2D eigenvalue weighted by atomic mass is 19.1. The molecule has 44 heavy (non-hydrogen) atoms. The fraction of sp³-hybridized carbons (Fsp3) is 0.281. The first-order valence-electron chi connectivity index (χ1n) is 14.2. The SMILES string of the molecule is Cc1cc(CC(=O)N2CC[C@@H]3Oc4cc(F)cc(c4)CNC(=O)COc4cccc(c4)-c4cncc(c4)C(=O)N[C@@H]3C2)on1. The molecule has 1 fully saturated rings. The number of hydrogen-bond acceptors (Lipinski definition) is 8. The van der Waals surface area contributed by atoms with E-state index in [0.717, 1.165) is 5.56 Å². The minimum Gasteiger partial charge on any atom is -0.488 e. The molecule has 2 aliphatic rings. The van der Waals surface area contributed by atoms with Crippen LogP contribution in [0.3, 0.4) is 0 Å². The predicted octanol–water partition coefficient (Wildman–Crippen LogP) is 3.21. The zero-order valence-corrected chi connectivity index (χ0v) is 23.9. The van der Waals surface area contributed by atoms with Crippen LogP contribution in [0.2, 0.25) is 0 Å². The van der Waals surface area contributed by atoms with Crippen LogP contribution in [0.15, 0.2) is 71.5 Å². The van der Waals surface area contributed by atoms with Crippen molar-refractivity contribution in [1.29, 1.82) is 0 Å². The highest BCUT2D eigenvalue weighted by Crippen LogP contribution is 2.26. The molecule has 1 saturated heterocycles. The molecular formula is C32H30FN5O6. The van der Waals surface area contributed by atoms with E-state index < -0.39 is 23.9 Å². The van der Waals surface area contributed by atoms with Gasteiger partial charge in [0.25, 0.3) is 11.8 Å². The van der Waals surface area contributed by atoms with Gasteiger partial charge in [0.15, 0.2) is 6.61 Å². The van der Waals surface area contributed by atoms with Crippen LogP contribution in [0.4, 0.5) is 4.39 Å². The topological polar surface area (TPSA) is 136 Å². The van der Waals surface area contributed by atoms with Crippen LogP contribution in [0.25, 0.3) is 11.1 Å². The number of aryl methyl sites for hydroxylation is 1. The number of piperidine rings is 1. The van der Waals surface area contributed by atoms with Crippen molar-refractivity contribution in [3.63, 3.8) is 0 Å². The van der Waals surface area contributed by atoms with E-state index in [1.807, 2.05) is 6.07 Å². The number of nitrogens with one attached hydrogen (secondary N) is 2. The zero-order valence-electron chi connectivity index (χ0n) is 23.9. The van der Waals surface area contributed by atoms with E-state index in [1.165, 1.54) is 18.3 Å². The first-order valence-corrected chi connectivity index (χ1v) is 14.2. The van der Waals surface area contributed by atoms with Crippen molar-refractivity contribution < 1.29 is 32.8 Å². The molecule has 11 nitrogen and oxygen atoms in total. The number of aromatic nitrogens is 2. The summed E-state index contributed by atoms with van der Waals surface area (Å²) < 4.78 is 31.8. The summed E-state index contributed by atoms with van der Waals surface area (Å²) in [5.41, 5.74) is 2.89. The van der Waals surface area contributed by atoms with Gasteiger partial charge in [0, 0.05) is 56.1 Å². The molecule has 2 N–H and O–H groups in total. The van der Waals surface area contributed by atoms with Gasteiger partial charge in [0.05, 0.1) is 23.7 Å². The van der Waals surface area contributed by atoms with Crippen molar-refractivity contribution >= 4 is 17.7 Å². The molecule has 0 radical (unpaired) electrons. The highest BCUT2D eigenvalue weighted by molar-refractivity contribution is 5.95. The van der Waals surface area contributed by atoms with Gasteiger partial charge in [0.1, 0.15) is 29.2 Å². The fourth-order valence-electron chi connectivity index (χ4n) is 5.30. The first kappa shape index (κ1) is 28.8. The molecule has 2 aromatic heterocycles. The quantitative estimate of drug-likeness (QED) is 0.359. The smallest absolute Gasteiger partial charge is 0.258 e. The van der Waals surface area contributed by atoms with Gasteiger partial charge in [-0.3, -0.25) is 19.4 Å². The molecule has 0 spiro atoms. The number of benzene rings is 2. The second-order valence-electron chi connectivity index (χ2n) is 10.8. The lowest BCUT2D eigenvalue weighted by molar-refractivity contribution is -0.133. The van der Waals surface area contributed by atoms with Crippen LogP contribution >= 0.6 is 0 Å². The van der Waals surface area contributed by atoms with E-state index in [4.69, 9.17) is 14.0 Å². The van der Waals surface area contributed by atoms with Crippen molar-refractivity contribution in [2.24, 2.45) is 0 Å². The summed E-state index contributed by atoms with van der Waals surface area (Å²) in [6.45, 7) is 2.11. The summed E-state index contributed by atoms with van der Waals surface area (Å²) in [4.78, 5) is 45.2. The third-order valence-corrected chi connectivity index (χ3v) is 7.47. The second-order valence-corrected chi connectivity index (χ2v) is 10.8. The van der Waals surface area contributed by atoms with Crippen LogP contribution in [0.5, 0.6) is 11.5 Å². The van der Waals surface area contributed by atoms with E-state index in [0.29, 0.717) is 46.9 Å². The molecular weight excluding hydrogens is 569 g/mol. The third-order valence-electron chi connectivity index (χ3n) is 7.47. The Morgan fingerprint density at radius 1 is 1.05 bits per heavy atom. The van der Waals surface area contributed by atoms with Gasteiger partial charge in [-0.25, -0.2) is 4.39 Å². The van der Waals surface area contributed by atoms with Crippen molar-refractivity contribution in [1.82, 2.24) is 25.7 Å². The Kier molecular flexibility index (Phi) is 8.22. The van der Waals surface area contributed by atoms with Crippen molar-refractivity contribution in [3.8, 4) is 22.6 Å². The van der Waals surface area contributed by atoms with E-state index in [2.05, 4.69) is 20.8 Å². The molecule has 226 valence electrons. The standard InChI is InChI=1S/C32H30FN5O6/c1-19-7-27(44-37-19)13-31(40)38-6-5-29-28(17-38)36-32(41)23-10-22(15-34-16-23)21-3-2-4-25(11-21)42-18-30(39)35-14-20-8-24(33)12-26(9-20)43-29/h2-4,7-12,15-16,28-29H,5-6,13-14,17-18H2,1H3,(H,35,39)(H,36,41)/t28-,29+/m1/s1. The van der Waals surface area contributed by atoms with E-state index in [9.17, 15) is 18.8 Å². The van der Waals surface area contributed by atoms with Crippen LogP contribution < -0.4 is 20.1 Å². The number of pyridine rings is 1. The first-order chi connectivity index (χ1) is 21.3. The fourth-order valence-corrected chi connectivity index (χ4v) is 5.30. The average Bonchev–Trinajstić information content (AvgIpc) is 3.43. The number of carbonyl (C=O) groups is 3. The second kappa shape index (κ2) is 12.5. The van der Waals surface area contributed by atoms with Crippen molar-refractivity contribution in [2.45, 2.75) is 38.5 Å². The Morgan fingerprint density at radius 3 is 2.75 bits per heavy atom. The summed E-state index contributed by atoms with van der Waals surface area (Å²) in [7, 11) is 0. The summed E-state index contributed by atoms with van der Waals surface area (Å²) in [6, 6.07) is 14.1. The molecule has 2 aromatic carbocycles. The lowest BCUT2D eigenvalue weighted by atomic mass is 10.00. The van der Waals surface area contributed by atoms with Gasteiger partial charge in [0.2, 0.25) is 5.91 Å². The van der Waals surface area contributed by atoms with Gasteiger partial charge in [-0.1, -0.05) is 17.3 Å². The number of fused-ring (bicyclic) bond motifs is 8. The Balaban J connectivity index is 1.31. The molecule has 4 aromatic rings. The van der Waals surface area contributed by atoms with Gasteiger partial charge >= 0.3 is 0 Å². The molecule has 6 bridgehead atoms. The highest BCUT2D eigenvalue weighted by Gasteiger charge is 2.35. The molecule has 0 unspecified atom stereocenters. The Bertz CT molecular complexity index is 1710. The van der Waals surface area contributed by atoms with E-state index in [1.54, 1.807) is 54.4 Å². The van der Waals surface area contributed by atoms with Gasteiger partial charge in [-0.2, -0.15) is 0 Å². The minimum absolute atomic E-state index is 0.0285. The lowest BCUT2D eigenvalue weighted by Crippen LogP contribution is -2.58. The summed E-state index contributed by atoms with van der Waals surface area (Å²) in [5, 5.41) is 9.60. The van der Waals surface area contributed by atoms with E-state index in [-0.39, 0.29) is 43.7 Å². The number of carbonyl (C=O) groups excluding carboxylic acids is 3. The maximum atomic E-state index is 14.6. The van der Waals surface area contributed by atoms with Crippen LogP contribution in [-0.4, -0.2) is 64.6 Å². The Morgan fingerprint density at radius 2 is 1.91 bits per heavy atom. The number of halogens is 1. The number of ether oxygens (including phenoxy) is 2. The third kappa shape index (κ3) is 6.86. The molecule has 6 rings (SSSR count). The minimum atomic E-state index is -0.634. The number of hydrogen-bond donors (Lipinski definition) is 2. The molecule has 0 aliphatic carbocycles. The lowest BCUT2D eigenvalue weighted by Gasteiger charge is -2.39. The molecule has 3 amide bonds. The molecule has 0 saturated carbocycles. The zero-order chi connectivity index (χ0) is 30.6. The average molecular weight is 600 g/mol. The monoisotopic (exact) mass is 599 g/mol. The molecule has 2 atom stereocenters. The van der Waals surface area contributed by atoms with Crippen LogP contribution in [0, 0.1) is 12.7 Å². The number of rotatable bonds is 2. The largest absolute Gasteiger partial charge is 0.488 e. The molecule has 4 heterocycles. The van der Waals surface area contributed by atoms with Gasteiger partial charge in [-0.05, 0) is 48.4 Å². The maximum absolute atomic E-state index is 14.6. The van der Waals surface area contributed by atoms with Gasteiger partial charge < -0.3 is 29.5 Å². The number of amides is 3. The summed E-state index contributed by atoms with van der Waals surface area (Å²) in [6.07, 6.45) is 2.91.